The lowest BCUT2D eigenvalue weighted by Gasteiger charge is -2.21. The molecule has 2 heteroatoms. The molecule has 2 nitrogen and oxygen atoms in total. The third kappa shape index (κ3) is 2.18. The maximum atomic E-state index is 5.91. The SMILES string of the molecule is CCc1c(OC)c2ccccc2c2c(CC)c(OC)c3ccccc3c12. The fraction of sp³-hybridized carbons (Fsp3) is 0.250. The third-order valence-corrected chi connectivity index (χ3v) is 5.40. The molecule has 0 aliphatic carbocycles. The molecule has 0 radical (unpaired) electrons. The van der Waals surface area contributed by atoms with Crippen molar-refractivity contribution < 1.29 is 9.47 Å². The molecular formula is C24H24O2. The molecule has 0 amide bonds. The van der Waals surface area contributed by atoms with Gasteiger partial charge in [-0.1, -0.05) is 62.4 Å². The minimum Gasteiger partial charge on any atom is -0.496 e. The largest absolute Gasteiger partial charge is 0.496 e. The molecule has 0 atom stereocenters. The van der Waals surface area contributed by atoms with Gasteiger partial charge in [-0.15, -0.1) is 0 Å². The van der Waals surface area contributed by atoms with Crippen LogP contribution in [0.5, 0.6) is 11.5 Å². The van der Waals surface area contributed by atoms with E-state index in [0.717, 1.165) is 24.3 Å². The summed E-state index contributed by atoms with van der Waals surface area (Å²) in [5, 5.41) is 7.42. The van der Waals surface area contributed by atoms with Gasteiger partial charge >= 0.3 is 0 Å². The number of hydrogen-bond acceptors (Lipinski definition) is 2. The summed E-state index contributed by atoms with van der Waals surface area (Å²) in [5.41, 5.74) is 2.55. The van der Waals surface area contributed by atoms with Gasteiger partial charge in [-0.05, 0) is 34.4 Å². The molecule has 0 spiro atoms. The van der Waals surface area contributed by atoms with Gasteiger partial charge in [-0.25, -0.2) is 0 Å². The van der Waals surface area contributed by atoms with E-state index in [0.29, 0.717) is 0 Å². The van der Waals surface area contributed by atoms with Crippen molar-refractivity contribution in [3.8, 4) is 11.5 Å². The van der Waals surface area contributed by atoms with E-state index in [4.69, 9.17) is 9.47 Å². The maximum absolute atomic E-state index is 5.91. The zero-order valence-electron chi connectivity index (χ0n) is 15.8. The molecule has 0 saturated heterocycles. The number of benzene rings is 4. The first-order valence-electron chi connectivity index (χ1n) is 9.25. The van der Waals surface area contributed by atoms with Crippen molar-refractivity contribution in [1.82, 2.24) is 0 Å². The lowest BCUT2D eigenvalue weighted by Crippen LogP contribution is -2.00. The normalized spacial score (nSPS) is 11.4. The van der Waals surface area contributed by atoms with Gasteiger partial charge in [-0.3, -0.25) is 0 Å². The Hall–Kier alpha value is -2.74. The van der Waals surface area contributed by atoms with Crippen LogP contribution < -0.4 is 9.47 Å². The summed E-state index contributed by atoms with van der Waals surface area (Å²) in [4.78, 5) is 0. The van der Waals surface area contributed by atoms with E-state index in [1.54, 1.807) is 14.2 Å². The van der Waals surface area contributed by atoms with E-state index in [1.165, 1.54) is 43.4 Å². The Morgan fingerprint density at radius 1 is 0.577 bits per heavy atom. The van der Waals surface area contributed by atoms with Crippen molar-refractivity contribution in [2.24, 2.45) is 0 Å². The maximum Gasteiger partial charge on any atom is 0.130 e. The summed E-state index contributed by atoms with van der Waals surface area (Å²) in [6, 6.07) is 17.1. The topological polar surface area (TPSA) is 18.5 Å². The number of fused-ring (bicyclic) bond motifs is 5. The van der Waals surface area contributed by atoms with Crippen LogP contribution in [0.3, 0.4) is 0 Å². The van der Waals surface area contributed by atoms with Crippen molar-refractivity contribution in [2.75, 3.05) is 14.2 Å². The van der Waals surface area contributed by atoms with E-state index in [9.17, 15) is 0 Å². The van der Waals surface area contributed by atoms with Crippen molar-refractivity contribution in [1.29, 1.82) is 0 Å². The standard InChI is InChI=1S/C24H24O2/c1-5-15-21-17-11-7-10-14-20(17)24(26-4)16(6-2)22(21)18-12-8-9-13-19(18)23(15)25-3/h7-14H,5-6H2,1-4H3. The Morgan fingerprint density at radius 2 is 0.923 bits per heavy atom. The molecule has 4 aromatic carbocycles. The fourth-order valence-electron chi connectivity index (χ4n) is 4.39. The number of rotatable bonds is 4. The lowest BCUT2D eigenvalue weighted by atomic mass is 9.86. The first-order chi connectivity index (χ1) is 12.8. The van der Waals surface area contributed by atoms with Gasteiger partial charge in [-0.2, -0.15) is 0 Å². The number of ether oxygens (including phenoxy) is 2. The first kappa shape index (κ1) is 16.7. The highest BCUT2D eigenvalue weighted by Gasteiger charge is 2.21. The minimum absolute atomic E-state index is 0.921. The molecule has 0 aliphatic rings. The van der Waals surface area contributed by atoms with Crippen LogP contribution in [0, 0.1) is 0 Å². The average Bonchev–Trinajstić information content (AvgIpc) is 2.71. The predicted octanol–water partition coefficient (Wildman–Crippen LogP) is 6.29. The van der Waals surface area contributed by atoms with Gasteiger partial charge in [0.2, 0.25) is 0 Å². The fourth-order valence-corrected chi connectivity index (χ4v) is 4.39. The zero-order valence-corrected chi connectivity index (χ0v) is 15.8. The Kier molecular flexibility index (Phi) is 4.20. The lowest BCUT2D eigenvalue weighted by molar-refractivity contribution is 0.415. The Morgan fingerprint density at radius 3 is 1.23 bits per heavy atom. The van der Waals surface area contributed by atoms with Crippen LogP contribution in [0.25, 0.3) is 32.3 Å². The third-order valence-electron chi connectivity index (χ3n) is 5.40. The smallest absolute Gasteiger partial charge is 0.130 e. The highest BCUT2D eigenvalue weighted by Crippen LogP contribution is 2.46. The molecule has 4 rings (SSSR count). The van der Waals surface area contributed by atoms with Crippen LogP contribution in [0.15, 0.2) is 48.5 Å². The van der Waals surface area contributed by atoms with Crippen LogP contribution in [0.4, 0.5) is 0 Å². The first-order valence-corrected chi connectivity index (χ1v) is 9.25. The minimum atomic E-state index is 0.921. The van der Waals surface area contributed by atoms with E-state index >= 15 is 0 Å². The summed E-state index contributed by atoms with van der Waals surface area (Å²) in [6.07, 6.45) is 1.84. The monoisotopic (exact) mass is 344 g/mol. The predicted molar refractivity (Wildman–Crippen MR) is 111 cm³/mol. The van der Waals surface area contributed by atoms with Gasteiger partial charge in [0.15, 0.2) is 0 Å². The Bertz CT molecular complexity index is 1030. The summed E-state index contributed by atoms with van der Waals surface area (Å²) < 4.78 is 11.8. The molecule has 0 aliphatic heterocycles. The molecule has 0 heterocycles. The van der Waals surface area contributed by atoms with Crippen molar-refractivity contribution in [2.45, 2.75) is 26.7 Å². The summed E-state index contributed by atoms with van der Waals surface area (Å²) in [5.74, 6) is 1.99. The van der Waals surface area contributed by atoms with Crippen molar-refractivity contribution in [3.63, 3.8) is 0 Å². The molecule has 26 heavy (non-hydrogen) atoms. The van der Waals surface area contributed by atoms with Crippen LogP contribution in [-0.4, -0.2) is 14.2 Å². The molecule has 0 saturated carbocycles. The average molecular weight is 344 g/mol. The van der Waals surface area contributed by atoms with E-state index < -0.39 is 0 Å². The molecule has 0 aromatic heterocycles. The molecular weight excluding hydrogens is 320 g/mol. The van der Waals surface area contributed by atoms with Crippen LogP contribution in [0.1, 0.15) is 25.0 Å². The molecule has 0 bridgehead atoms. The zero-order chi connectivity index (χ0) is 18.3. The second-order valence-electron chi connectivity index (χ2n) is 6.57. The van der Waals surface area contributed by atoms with E-state index in [-0.39, 0.29) is 0 Å². The van der Waals surface area contributed by atoms with Gasteiger partial charge < -0.3 is 9.47 Å². The molecule has 132 valence electrons. The molecule has 0 unspecified atom stereocenters. The molecule has 0 fully saturated rings. The Labute approximate surface area is 154 Å². The van der Waals surface area contributed by atoms with E-state index in [2.05, 4.69) is 62.4 Å². The highest BCUT2D eigenvalue weighted by molar-refractivity contribution is 6.23. The highest BCUT2D eigenvalue weighted by atomic mass is 16.5. The van der Waals surface area contributed by atoms with Gasteiger partial charge in [0.25, 0.3) is 0 Å². The summed E-state index contributed by atoms with van der Waals surface area (Å²) in [6.45, 7) is 4.41. The second-order valence-corrected chi connectivity index (χ2v) is 6.57. The number of aryl methyl sites for hydroxylation is 2. The van der Waals surface area contributed by atoms with Gasteiger partial charge in [0.1, 0.15) is 11.5 Å². The second kappa shape index (κ2) is 6.53. The van der Waals surface area contributed by atoms with Crippen LogP contribution in [0.2, 0.25) is 0 Å². The van der Waals surface area contributed by atoms with Crippen molar-refractivity contribution >= 4 is 32.3 Å². The van der Waals surface area contributed by atoms with Gasteiger partial charge in [0, 0.05) is 21.9 Å². The number of hydrogen-bond donors (Lipinski definition) is 0. The van der Waals surface area contributed by atoms with Crippen LogP contribution in [-0.2, 0) is 12.8 Å². The number of methoxy groups -OCH3 is 2. The van der Waals surface area contributed by atoms with E-state index in [1.807, 2.05) is 0 Å². The summed E-state index contributed by atoms with van der Waals surface area (Å²) in [7, 11) is 3.55. The molecule has 4 aromatic rings. The Balaban J connectivity index is 2.44. The quantitative estimate of drug-likeness (QED) is 0.405. The van der Waals surface area contributed by atoms with Gasteiger partial charge in [0.05, 0.1) is 14.2 Å². The summed E-state index contributed by atoms with van der Waals surface area (Å²) >= 11 is 0. The van der Waals surface area contributed by atoms with Crippen LogP contribution >= 0.6 is 0 Å². The van der Waals surface area contributed by atoms with Crippen molar-refractivity contribution in [3.05, 3.63) is 59.7 Å². The molecule has 0 N–H and O–H groups in total.